The third-order valence-corrected chi connectivity index (χ3v) is 7.27. The van der Waals surface area contributed by atoms with Crippen molar-refractivity contribution in [2.24, 2.45) is 0 Å². The summed E-state index contributed by atoms with van der Waals surface area (Å²) in [5.74, 6) is -0.0541. The van der Waals surface area contributed by atoms with Crippen molar-refractivity contribution in [3.8, 4) is 0 Å². The molecule has 0 saturated heterocycles. The van der Waals surface area contributed by atoms with Gasteiger partial charge in [-0.1, -0.05) is 23.9 Å². The number of hydrogen-bond acceptors (Lipinski definition) is 5. The van der Waals surface area contributed by atoms with Crippen LogP contribution in [0.1, 0.15) is 38.8 Å². The average Bonchev–Trinajstić information content (AvgIpc) is 3.13. The summed E-state index contributed by atoms with van der Waals surface area (Å²) in [5, 5.41) is 5.04. The number of nitrogens with one attached hydrogen (secondary N) is 1. The first-order valence-electron chi connectivity index (χ1n) is 9.33. The van der Waals surface area contributed by atoms with Crippen LogP contribution in [0.15, 0.2) is 57.0 Å². The van der Waals surface area contributed by atoms with E-state index >= 15 is 0 Å². The van der Waals surface area contributed by atoms with Gasteiger partial charge in [0.1, 0.15) is 5.03 Å². The molecule has 0 saturated carbocycles. The predicted molar refractivity (Wildman–Crippen MR) is 117 cm³/mol. The standard InChI is InChI=1S/C21H20BrN3OS2/c22-14-9-10-19(24-13-14)27-17-7-3-1-5-15(17)21(26)23-12-11-20-25-16-6-2-4-8-18(16)28-20/h1,3,5,7,9-10,13H,2,4,6,8,11-12H2,(H,23,26). The molecule has 0 unspecified atom stereocenters. The molecule has 0 radical (unpaired) electrons. The Morgan fingerprint density at radius 3 is 2.86 bits per heavy atom. The highest BCUT2D eigenvalue weighted by Gasteiger charge is 2.16. The Bertz CT molecular complexity index is 949. The SMILES string of the molecule is O=C(NCCc1nc2c(s1)CCCC2)c1ccccc1Sc1ccc(Br)cn1. The van der Waals surface area contributed by atoms with Crippen molar-refractivity contribution in [1.29, 1.82) is 0 Å². The molecule has 1 N–H and O–H groups in total. The van der Waals surface area contributed by atoms with Crippen LogP contribution >= 0.6 is 39.0 Å². The minimum atomic E-state index is -0.0541. The summed E-state index contributed by atoms with van der Waals surface area (Å²) in [4.78, 5) is 24.2. The first-order chi connectivity index (χ1) is 13.7. The van der Waals surface area contributed by atoms with Crippen molar-refractivity contribution >= 4 is 44.9 Å². The number of aryl methyl sites for hydroxylation is 2. The lowest BCUT2D eigenvalue weighted by Gasteiger charge is -2.09. The lowest BCUT2D eigenvalue weighted by Crippen LogP contribution is -2.26. The zero-order valence-corrected chi connectivity index (χ0v) is 18.5. The van der Waals surface area contributed by atoms with E-state index in [1.807, 2.05) is 47.7 Å². The molecule has 4 nitrogen and oxygen atoms in total. The van der Waals surface area contributed by atoms with Gasteiger partial charge in [0.25, 0.3) is 5.91 Å². The van der Waals surface area contributed by atoms with E-state index in [-0.39, 0.29) is 5.91 Å². The second-order valence-electron chi connectivity index (χ2n) is 6.60. The zero-order chi connectivity index (χ0) is 19.3. The molecule has 0 atom stereocenters. The van der Waals surface area contributed by atoms with Crippen LogP contribution in [-0.2, 0) is 19.3 Å². The highest BCUT2D eigenvalue weighted by molar-refractivity contribution is 9.10. The monoisotopic (exact) mass is 473 g/mol. The van der Waals surface area contributed by atoms with Gasteiger partial charge in [-0.25, -0.2) is 9.97 Å². The molecule has 3 aromatic rings. The number of fused-ring (bicyclic) bond motifs is 1. The summed E-state index contributed by atoms with van der Waals surface area (Å²) in [5.41, 5.74) is 1.96. The smallest absolute Gasteiger partial charge is 0.252 e. The Morgan fingerprint density at radius 2 is 2.04 bits per heavy atom. The first-order valence-corrected chi connectivity index (χ1v) is 11.8. The maximum absolute atomic E-state index is 12.7. The fourth-order valence-corrected chi connectivity index (χ4v) is 5.44. The lowest BCUT2D eigenvalue weighted by atomic mass is 10.0. The Balaban J connectivity index is 1.38. The Kier molecular flexibility index (Phi) is 6.44. The molecule has 1 aliphatic rings. The zero-order valence-electron chi connectivity index (χ0n) is 15.3. The largest absolute Gasteiger partial charge is 0.352 e. The predicted octanol–water partition coefficient (Wildman–Crippen LogP) is 5.30. The molecule has 4 rings (SSSR count). The molecule has 144 valence electrons. The van der Waals surface area contributed by atoms with Gasteiger partial charge in [0, 0.05) is 33.4 Å². The van der Waals surface area contributed by atoms with Gasteiger partial charge >= 0.3 is 0 Å². The van der Waals surface area contributed by atoms with Crippen LogP contribution in [0.25, 0.3) is 0 Å². The third-order valence-electron chi connectivity index (χ3n) is 4.56. The molecule has 7 heteroatoms. The van der Waals surface area contributed by atoms with Gasteiger partial charge in [-0.15, -0.1) is 11.3 Å². The Labute approximate surface area is 181 Å². The number of rotatable bonds is 6. The van der Waals surface area contributed by atoms with E-state index in [1.54, 1.807) is 6.20 Å². The van der Waals surface area contributed by atoms with Crippen LogP contribution in [0.5, 0.6) is 0 Å². The van der Waals surface area contributed by atoms with E-state index in [9.17, 15) is 4.79 Å². The quantitative estimate of drug-likeness (QED) is 0.527. The Morgan fingerprint density at radius 1 is 1.18 bits per heavy atom. The third kappa shape index (κ3) is 4.82. The highest BCUT2D eigenvalue weighted by Crippen LogP contribution is 2.30. The minimum Gasteiger partial charge on any atom is -0.352 e. The van der Waals surface area contributed by atoms with Crippen molar-refractivity contribution in [3.63, 3.8) is 0 Å². The van der Waals surface area contributed by atoms with Crippen molar-refractivity contribution in [1.82, 2.24) is 15.3 Å². The second kappa shape index (κ2) is 9.20. The van der Waals surface area contributed by atoms with Crippen LogP contribution in [0, 0.1) is 0 Å². The summed E-state index contributed by atoms with van der Waals surface area (Å²) in [6, 6.07) is 11.5. The van der Waals surface area contributed by atoms with Crippen LogP contribution < -0.4 is 5.32 Å². The normalized spacial score (nSPS) is 13.2. The van der Waals surface area contributed by atoms with Crippen molar-refractivity contribution in [2.45, 2.75) is 42.0 Å². The van der Waals surface area contributed by atoms with Gasteiger partial charge in [0.05, 0.1) is 16.3 Å². The van der Waals surface area contributed by atoms with Gasteiger partial charge < -0.3 is 5.32 Å². The number of benzene rings is 1. The second-order valence-corrected chi connectivity index (χ2v) is 9.75. The maximum Gasteiger partial charge on any atom is 0.252 e. The number of thiazole rings is 1. The molecule has 2 aromatic heterocycles. The van der Waals surface area contributed by atoms with Crippen LogP contribution in [0.4, 0.5) is 0 Å². The van der Waals surface area contributed by atoms with Gasteiger partial charge in [-0.3, -0.25) is 4.79 Å². The Hall–Kier alpha value is -1.70. The number of carbonyl (C=O) groups is 1. The topological polar surface area (TPSA) is 54.9 Å². The molecular weight excluding hydrogens is 454 g/mol. The summed E-state index contributed by atoms with van der Waals surface area (Å²) >= 11 is 6.70. The summed E-state index contributed by atoms with van der Waals surface area (Å²) in [7, 11) is 0. The lowest BCUT2D eigenvalue weighted by molar-refractivity contribution is 0.0951. The van der Waals surface area contributed by atoms with E-state index < -0.39 is 0 Å². The maximum atomic E-state index is 12.7. The van der Waals surface area contributed by atoms with Gasteiger partial charge in [0.2, 0.25) is 0 Å². The highest BCUT2D eigenvalue weighted by atomic mass is 79.9. The first kappa shape index (κ1) is 19.6. The van der Waals surface area contributed by atoms with Gasteiger partial charge in [0.15, 0.2) is 0 Å². The molecule has 0 fully saturated rings. The number of aromatic nitrogens is 2. The minimum absolute atomic E-state index is 0.0541. The number of hydrogen-bond donors (Lipinski definition) is 1. The van der Waals surface area contributed by atoms with E-state index in [2.05, 4.69) is 26.2 Å². The molecule has 1 amide bonds. The number of halogens is 1. The van der Waals surface area contributed by atoms with E-state index in [0.717, 1.165) is 38.7 Å². The molecule has 0 aliphatic heterocycles. The number of amides is 1. The fraction of sp³-hybridized carbons (Fsp3) is 0.286. The van der Waals surface area contributed by atoms with Gasteiger partial charge in [-0.05, 0) is 65.9 Å². The summed E-state index contributed by atoms with van der Waals surface area (Å²) in [6.45, 7) is 0.598. The van der Waals surface area contributed by atoms with Crippen LogP contribution in [-0.4, -0.2) is 22.4 Å². The molecule has 2 heterocycles. The molecule has 28 heavy (non-hydrogen) atoms. The fourth-order valence-electron chi connectivity index (χ4n) is 3.17. The van der Waals surface area contributed by atoms with Crippen molar-refractivity contribution in [2.75, 3.05) is 6.54 Å². The molecule has 0 spiro atoms. The van der Waals surface area contributed by atoms with Crippen LogP contribution in [0.3, 0.4) is 0 Å². The van der Waals surface area contributed by atoms with Crippen molar-refractivity contribution < 1.29 is 4.79 Å². The number of carbonyl (C=O) groups excluding carboxylic acids is 1. The summed E-state index contributed by atoms with van der Waals surface area (Å²) < 4.78 is 0.937. The van der Waals surface area contributed by atoms with E-state index in [4.69, 9.17) is 4.98 Å². The van der Waals surface area contributed by atoms with E-state index in [0.29, 0.717) is 12.1 Å². The molecule has 1 aromatic carbocycles. The van der Waals surface area contributed by atoms with Crippen molar-refractivity contribution in [3.05, 3.63) is 68.2 Å². The van der Waals surface area contributed by atoms with Gasteiger partial charge in [-0.2, -0.15) is 0 Å². The summed E-state index contributed by atoms with van der Waals surface area (Å²) in [6.07, 6.45) is 7.33. The van der Waals surface area contributed by atoms with E-state index in [1.165, 1.54) is 35.2 Å². The van der Waals surface area contributed by atoms with Crippen LogP contribution in [0.2, 0.25) is 0 Å². The molecule has 1 aliphatic carbocycles. The number of nitrogens with zero attached hydrogens (tertiary/aromatic N) is 2. The average molecular weight is 474 g/mol. The number of pyridine rings is 1. The molecular formula is C21H20BrN3OS2. The molecule has 0 bridgehead atoms.